The molecule has 0 unspecified atom stereocenters. The number of para-hydroxylation sites is 1. The van der Waals surface area contributed by atoms with Crippen LogP contribution < -0.4 is 9.62 Å². The van der Waals surface area contributed by atoms with E-state index in [1.165, 1.54) is 22.7 Å². The molecule has 1 aliphatic heterocycles. The minimum Gasteiger partial charge on any atom is -0.354 e. The number of amides is 1. The molecule has 0 radical (unpaired) electrons. The molecule has 7 nitrogen and oxygen atoms in total. The first-order valence-corrected chi connectivity index (χ1v) is 12.9. The normalized spacial score (nSPS) is 17.1. The quantitative estimate of drug-likeness (QED) is 0.642. The number of hydrogen-bond acceptors (Lipinski definition) is 4. The highest BCUT2D eigenvalue weighted by Gasteiger charge is 2.36. The summed E-state index contributed by atoms with van der Waals surface area (Å²) in [6, 6.07) is 6.99. The third-order valence-electron chi connectivity index (χ3n) is 6.53. The monoisotopic (exact) mass is 456 g/mol. The molecule has 1 aromatic heterocycles. The minimum atomic E-state index is -3.77. The van der Waals surface area contributed by atoms with Crippen molar-refractivity contribution in [1.29, 1.82) is 0 Å². The number of anilines is 1. The molecule has 2 aromatic rings. The molecule has 0 bridgehead atoms. The van der Waals surface area contributed by atoms with Gasteiger partial charge in [0.1, 0.15) is 10.9 Å². The summed E-state index contributed by atoms with van der Waals surface area (Å²) < 4.78 is 30.1. The van der Waals surface area contributed by atoms with Crippen LogP contribution in [0.4, 0.5) is 5.69 Å². The standard InChI is InChI=1S/C24H32N4O3S/c1-17-23(32(30,31)27-16-14-21-11-7-8-12-22(21)27)18(2)28(26-17)19(3)24(29)25-15-13-20-9-5-4-6-10-20/h7-9,11-12,19H,4-6,10,13-16H2,1-3H3,(H,25,29)/t19-/m1/s1. The maximum atomic E-state index is 13.6. The van der Waals surface area contributed by atoms with Gasteiger partial charge in [-0.15, -0.1) is 0 Å². The van der Waals surface area contributed by atoms with E-state index in [4.69, 9.17) is 0 Å². The van der Waals surface area contributed by atoms with Crippen LogP contribution in [0.5, 0.6) is 0 Å². The van der Waals surface area contributed by atoms with Crippen molar-refractivity contribution < 1.29 is 13.2 Å². The Hall–Kier alpha value is -2.61. The first kappa shape index (κ1) is 22.6. The van der Waals surface area contributed by atoms with E-state index in [1.54, 1.807) is 25.5 Å². The second-order valence-corrected chi connectivity index (χ2v) is 10.5. The second kappa shape index (κ2) is 9.10. The molecule has 172 valence electrons. The van der Waals surface area contributed by atoms with Crippen molar-refractivity contribution in [2.45, 2.75) is 70.2 Å². The summed E-state index contributed by atoms with van der Waals surface area (Å²) in [5.74, 6) is -0.150. The fraction of sp³-hybridized carbons (Fsp3) is 0.500. The molecule has 0 fully saturated rings. The van der Waals surface area contributed by atoms with Gasteiger partial charge in [-0.25, -0.2) is 8.42 Å². The Morgan fingerprint density at radius 1 is 1.19 bits per heavy atom. The summed E-state index contributed by atoms with van der Waals surface area (Å²) in [6.45, 7) is 6.18. The zero-order valence-electron chi connectivity index (χ0n) is 19.1. The maximum absolute atomic E-state index is 13.6. The lowest BCUT2D eigenvalue weighted by atomic mass is 9.97. The molecule has 1 amide bonds. The van der Waals surface area contributed by atoms with Crippen LogP contribution in [0.15, 0.2) is 40.8 Å². The lowest BCUT2D eigenvalue weighted by Gasteiger charge is -2.20. The molecule has 4 rings (SSSR count). The highest BCUT2D eigenvalue weighted by Crippen LogP contribution is 2.35. The Morgan fingerprint density at radius 2 is 1.97 bits per heavy atom. The number of carbonyl (C=O) groups is 1. The summed E-state index contributed by atoms with van der Waals surface area (Å²) in [4.78, 5) is 13.0. The van der Waals surface area contributed by atoms with Crippen LogP contribution >= 0.6 is 0 Å². The molecule has 2 heterocycles. The van der Waals surface area contributed by atoms with E-state index < -0.39 is 16.1 Å². The topological polar surface area (TPSA) is 84.3 Å². The molecule has 32 heavy (non-hydrogen) atoms. The van der Waals surface area contributed by atoms with Gasteiger partial charge < -0.3 is 5.32 Å². The molecule has 0 saturated carbocycles. The van der Waals surface area contributed by atoms with Crippen LogP contribution in [0.25, 0.3) is 0 Å². The predicted molar refractivity (Wildman–Crippen MR) is 125 cm³/mol. The number of sulfonamides is 1. The molecular weight excluding hydrogens is 424 g/mol. The number of hydrogen-bond donors (Lipinski definition) is 1. The minimum absolute atomic E-state index is 0.150. The van der Waals surface area contributed by atoms with Crippen molar-refractivity contribution >= 4 is 21.6 Å². The van der Waals surface area contributed by atoms with E-state index in [0.29, 0.717) is 30.9 Å². The van der Waals surface area contributed by atoms with Gasteiger partial charge in [0.05, 0.1) is 17.1 Å². The summed E-state index contributed by atoms with van der Waals surface area (Å²) in [5, 5.41) is 7.45. The SMILES string of the molecule is Cc1nn([C@H](C)C(=O)NCCC2=CCCCC2)c(C)c1S(=O)(=O)N1CCc2ccccc21. The number of aryl methyl sites for hydroxylation is 1. The molecule has 0 spiro atoms. The highest BCUT2D eigenvalue weighted by molar-refractivity contribution is 7.93. The second-order valence-electron chi connectivity index (χ2n) is 8.73. The van der Waals surface area contributed by atoms with Gasteiger partial charge >= 0.3 is 0 Å². The summed E-state index contributed by atoms with van der Waals surface area (Å²) in [7, 11) is -3.77. The third kappa shape index (κ3) is 4.20. The van der Waals surface area contributed by atoms with Crippen LogP contribution in [0, 0.1) is 13.8 Å². The van der Waals surface area contributed by atoms with Crippen molar-refractivity contribution in [3.05, 3.63) is 52.9 Å². The first-order chi connectivity index (χ1) is 15.3. The number of nitrogens with one attached hydrogen (secondary N) is 1. The van der Waals surface area contributed by atoms with Gasteiger partial charge in [0.25, 0.3) is 10.0 Å². The Kier molecular flexibility index (Phi) is 6.42. The zero-order valence-corrected chi connectivity index (χ0v) is 19.9. The van der Waals surface area contributed by atoms with Gasteiger partial charge in [0.2, 0.25) is 5.91 Å². The number of nitrogens with zero attached hydrogens (tertiary/aromatic N) is 3. The Labute approximate surface area is 190 Å². The number of carbonyl (C=O) groups excluding carboxylic acids is 1. The molecule has 1 aliphatic carbocycles. The van der Waals surface area contributed by atoms with E-state index in [2.05, 4.69) is 16.5 Å². The van der Waals surface area contributed by atoms with Crippen LogP contribution in [0.3, 0.4) is 0 Å². The van der Waals surface area contributed by atoms with Crippen molar-refractivity contribution in [3.8, 4) is 0 Å². The molecule has 1 atom stereocenters. The number of allylic oxidation sites excluding steroid dienone is 1. The molecule has 2 aliphatic rings. The summed E-state index contributed by atoms with van der Waals surface area (Å²) in [6.07, 6.45) is 8.56. The Morgan fingerprint density at radius 3 is 2.72 bits per heavy atom. The van der Waals surface area contributed by atoms with Gasteiger partial charge in [-0.2, -0.15) is 5.10 Å². The lowest BCUT2D eigenvalue weighted by molar-refractivity contribution is -0.124. The van der Waals surface area contributed by atoms with Gasteiger partial charge in [-0.1, -0.05) is 29.8 Å². The van der Waals surface area contributed by atoms with Crippen LogP contribution in [-0.2, 0) is 21.2 Å². The fourth-order valence-electron chi connectivity index (χ4n) is 4.80. The predicted octanol–water partition coefficient (Wildman–Crippen LogP) is 3.82. The van der Waals surface area contributed by atoms with E-state index in [9.17, 15) is 13.2 Å². The fourth-order valence-corrected chi connectivity index (χ4v) is 6.67. The van der Waals surface area contributed by atoms with Gasteiger partial charge in [0.15, 0.2) is 0 Å². The molecule has 1 aromatic carbocycles. The molecule has 1 N–H and O–H groups in total. The summed E-state index contributed by atoms with van der Waals surface area (Å²) >= 11 is 0. The van der Waals surface area contributed by atoms with Crippen molar-refractivity contribution in [3.63, 3.8) is 0 Å². The van der Waals surface area contributed by atoms with Crippen LogP contribution in [-0.4, -0.2) is 37.2 Å². The van der Waals surface area contributed by atoms with E-state index in [1.807, 2.05) is 24.3 Å². The molecular formula is C24H32N4O3S. The average Bonchev–Trinajstić information content (AvgIpc) is 3.35. The highest BCUT2D eigenvalue weighted by atomic mass is 32.2. The Balaban J connectivity index is 1.51. The average molecular weight is 457 g/mol. The molecule has 0 saturated heterocycles. The van der Waals surface area contributed by atoms with E-state index in [-0.39, 0.29) is 10.8 Å². The van der Waals surface area contributed by atoms with Crippen LogP contribution in [0.1, 0.15) is 62.0 Å². The molecule has 8 heteroatoms. The first-order valence-electron chi connectivity index (χ1n) is 11.4. The van der Waals surface area contributed by atoms with E-state index >= 15 is 0 Å². The number of rotatable bonds is 7. The van der Waals surface area contributed by atoms with Crippen LogP contribution in [0.2, 0.25) is 0 Å². The largest absolute Gasteiger partial charge is 0.354 e. The van der Waals surface area contributed by atoms with Crippen molar-refractivity contribution in [2.75, 3.05) is 17.4 Å². The Bertz CT molecular complexity index is 1150. The van der Waals surface area contributed by atoms with Gasteiger partial charge in [0, 0.05) is 13.1 Å². The van der Waals surface area contributed by atoms with E-state index in [0.717, 1.165) is 30.5 Å². The number of aromatic nitrogens is 2. The van der Waals surface area contributed by atoms with Gasteiger partial charge in [-0.05, 0) is 70.9 Å². The van der Waals surface area contributed by atoms with Gasteiger partial charge in [-0.3, -0.25) is 13.8 Å². The number of benzene rings is 1. The number of fused-ring (bicyclic) bond motifs is 1. The summed E-state index contributed by atoms with van der Waals surface area (Å²) in [5.41, 5.74) is 4.07. The maximum Gasteiger partial charge on any atom is 0.268 e. The smallest absolute Gasteiger partial charge is 0.268 e. The van der Waals surface area contributed by atoms with Crippen molar-refractivity contribution in [2.24, 2.45) is 0 Å². The lowest BCUT2D eigenvalue weighted by Crippen LogP contribution is -2.33. The third-order valence-corrected chi connectivity index (χ3v) is 8.59. The van der Waals surface area contributed by atoms with Crippen molar-refractivity contribution in [1.82, 2.24) is 15.1 Å². The zero-order chi connectivity index (χ0) is 22.9.